The molecule has 1 unspecified atom stereocenters. The van der Waals surface area contributed by atoms with Crippen LogP contribution in [-0.4, -0.2) is 33.1 Å². The Bertz CT molecular complexity index is 491. The maximum Gasteiger partial charge on any atom is 0.352 e. The topological polar surface area (TPSA) is 116 Å². The van der Waals surface area contributed by atoms with Gasteiger partial charge in [-0.15, -0.1) is 0 Å². The Morgan fingerprint density at radius 3 is 2.95 bits per heavy atom. The Kier molecular flexibility index (Phi) is 3.52. The van der Waals surface area contributed by atoms with E-state index in [1.165, 1.54) is 6.33 Å². The van der Waals surface area contributed by atoms with Crippen molar-refractivity contribution in [3.63, 3.8) is 0 Å². The van der Waals surface area contributed by atoms with Gasteiger partial charge in [0.05, 0.1) is 10.5 Å². The van der Waals surface area contributed by atoms with Gasteiger partial charge in [0.25, 0.3) is 0 Å². The van der Waals surface area contributed by atoms with Crippen molar-refractivity contribution in [2.24, 2.45) is 0 Å². The summed E-state index contributed by atoms with van der Waals surface area (Å²) in [5.41, 5.74) is 5.01. The third kappa shape index (κ3) is 3.08. The number of anilines is 2. The van der Waals surface area contributed by atoms with Gasteiger partial charge in [-0.1, -0.05) is 0 Å². The molecule has 1 aliphatic rings. The second-order valence-electron chi connectivity index (χ2n) is 5.16. The summed E-state index contributed by atoms with van der Waals surface area (Å²) < 4.78 is 5.60. The molecule has 1 aliphatic heterocycles. The van der Waals surface area contributed by atoms with Gasteiger partial charge in [0.2, 0.25) is 11.6 Å². The zero-order valence-electron chi connectivity index (χ0n) is 10.9. The van der Waals surface area contributed by atoms with E-state index in [0.29, 0.717) is 6.61 Å². The minimum absolute atomic E-state index is 0.0664. The van der Waals surface area contributed by atoms with Gasteiger partial charge >= 0.3 is 5.69 Å². The molecule has 1 aromatic heterocycles. The Labute approximate surface area is 110 Å². The maximum atomic E-state index is 11.0. The van der Waals surface area contributed by atoms with Crippen molar-refractivity contribution in [2.45, 2.75) is 38.3 Å². The van der Waals surface area contributed by atoms with E-state index < -0.39 is 4.92 Å². The van der Waals surface area contributed by atoms with E-state index in [9.17, 15) is 10.1 Å². The number of nitrogens with two attached hydrogens (primary N) is 1. The van der Waals surface area contributed by atoms with E-state index in [1.807, 2.05) is 13.8 Å². The minimum Gasteiger partial charge on any atom is -0.378 e. The van der Waals surface area contributed by atoms with Gasteiger partial charge in [0.1, 0.15) is 6.33 Å². The Morgan fingerprint density at radius 1 is 1.58 bits per heavy atom. The molecule has 0 bridgehead atoms. The summed E-state index contributed by atoms with van der Waals surface area (Å²) >= 11 is 0. The summed E-state index contributed by atoms with van der Waals surface area (Å²) in [5, 5.41) is 14.1. The van der Waals surface area contributed by atoms with Crippen LogP contribution in [-0.2, 0) is 4.74 Å². The van der Waals surface area contributed by atoms with E-state index in [1.54, 1.807) is 0 Å². The highest BCUT2D eigenvalue weighted by Gasteiger charge is 2.31. The number of hydrogen-bond acceptors (Lipinski definition) is 7. The molecule has 1 aromatic rings. The maximum absolute atomic E-state index is 11.0. The van der Waals surface area contributed by atoms with Crippen LogP contribution in [0.4, 0.5) is 17.3 Å². The lowest BCUT2D eigenvalue weighted by Gasteiger charge is -2.35. The molecule has 0 saturated carbocycles. The van der Waals surface area contributed by atoms with Crippen LogP contribution in [0, 0.1) is 10.1 Å². The Hall–Kier alpha value is -1.96. The average Bonchev–Trinajstić information content (AvgIpc) is 2.26. The first-order chi connectivity index (χ1) is 8.89. The van der Waals surface area contributed by atoms with Crippen LogP contribution < -0.4 is 11.1 Å². The molecular weight excluding hydrogens is 250 g/mol. The Balaban J connectivity index is 2.19. The summed E-state index contributed by atoms with van der Waals surface area (Å²) in [6, 6.07) is 0.0664. The van der Waals surface area contributed by atoms with Crippen molar-refractivity contribution < 1.29 is 9.66 Å². The highest BCUT2D eigenvalue weighted by Crippen LogP contribution is 2.30. The smallest absolute Gasteiger partial charge is 0.352 e. The molecule has 8 heteroatoms. The van der Waals surface area contributed by atoms with Gasteiger partial charge in [-0.05, 0) is 26.7 Å². The van der Waals surface area contributed by atoms with Crippen LogP contribution in [0.2, 0.25) is 0 Å². The van der Waals surface area contributed by atoms with Gasteiger partial charge in [0.15, 0.2) is 0 Å². The van der Waals surface area contributed by atoms with E-state index in [-0.39, 0.29) is 29.0 Å². The second kappa shape index (κ2) is 4.96. The molecule has 19 heavy (non-hydrogen) atoms. The van der Waals surface area contributed by atoms with Gasteiger partial charge in [-0.25, -0.2) is 9.97 Å². The molecule has 104 valence electrons. The van der Waals surface area contributed by atoms with Crippen molar-refractivity contribution in [1.29, 1.82) is 0 Å². The number of rotatable bonds is 3. The molecule has 2 rings (SSSR count). The molecular formula is C11H17N5O3. The van der Waals surface area contributed by atoms with Crippen LogP contribution in [0.3, 0.4) is 0 Å². The number of nitrogens with zero attached hydrogens (tertiary/aromatic N) is 3. The number of nitrogens with one attached hydrogen (secondary N) is 1. The summed E-state index contributed by atoms with van der Waals surface area (Å²) in [7, 11) is 0. The lowest BCUT2D eigenvalue weighted by Crippen LogP contribution is -2.40. The molecule has 2 heterocycles. The van der Waals surface area contributed by atoms with Gasteiger partial charge in [-0.3, -0.25) is 10.1 Å². The fraction of sp³-hybridized carbons (Fsp3) is 0.636. The summed E-state index contributed by atoms with van der Waals surface area (Å²) in [6.07, 6.45) is 2.73. The average molecular weight is 267 g/mol. The summed E-state index contributed by atoms with van der Waals surface area (Å²) in [5.74, 6) is 0.0361. The summed E-state index contributed by atoms with van der Waals surface area (Å²) in [6.45, 7) is 4.59. The van der Waals surface area contributed by atoms with Crippen molar-refractivity contribution >= 4 is 17.3 Å². The monoisotopic (exact) mass is 267 g/mol. The molecule has 0 radical (unpaired) electrons. The van der Waals surface area contributed by atoms with Crippen LogP contribution in [0.15, 0.2) is 6.33 Å². The zero-order chi connectivity index (χ0) is 14.0. The molecule has 0 aliphatic carbocycles. The van der Waals surface area contributed by atoms with Crippen molar-refractivity contribution in [3.8, 4) is 0 Å². The first kappa shape index (κ1) is 13.5. The lowest BCUT2D eigenvalue weighted by molar-refractivity contribution is -0.383. The fourth-order valence-corrected chi connectivity index (χ4v) is 2.23. The third-order valence-corrected chi connectivity index (χ3v) is 3.07. The van der Waals surface area contributed by atoms with Crippen LogP contribution >= 0.6 is 0 Å². The SMILES string of the molecule is CC1(C)CC(Nc2ncnc(N)c2[N+](=O)[O-])CCO1. The van der Waals surface area contributed by atoms with E-state index in [0.717, 1.165) is 12.8 Å². The van der Waals surface area contributed by atoms with Crippen molar-refractivity contribution in [3.05, 3.63) is 16.4 Å². The van der Waals surface area contributed by atoms with Crippen molar-refractivity contribution in [2.75, 3.05) is 17.7 Å². The van der Waals surface area contributed by atoms with E-state index >= 15 is 0 Å². The standard InChI is InChI=1S/C11H17N5O3/c1-11(2)5-7(3-4-19-11)15-10-8(16(17)18)9(12)13-6-14-10/h6-7H,3-5H2,1-2H3,(H3,12,13,14,15). The van der Waals surface area contributed by atoms with Gasteiger partial charge < -0.3 is 15.8 Å². The minimum atomic E-state index is -0.567. The van der Waals surface area contributed by atoms with Gasteiger partial charge in [0, 0.05) is 12.6 Å². The number of aromatic nitrogens is 2. The van der Waals surface area contributed by atoms with E-state index in [4.69, 9.17) is 10.5 Å². The molecule has 0 amide bonds. The number of hydrogen-bond donors (Lipinski definition) is 2. The van der Waals surface area contributed by atoms with Crippen LogP contribution in [0.5, 0.6) is 0 Å². The second-order valence-corrected chi connectivity index (χ2v) is 5.16. The number of ether oxygens (including phenoxy) is 1. The lowest BCUT2D eigenvalue weighted by atomic mass is 9.94. The number of nitrogen functional groups attached to an aromatic ring is 1. The molecule has 3 N–H and O–H groups in total. The molecule has 1 fully saturated rings. The van der Waals surface area contributed by atoms with E-state index in [2.05, 4.69) is 15.3 Å². The van der Waals surface area contributed by atoms with Crippen molar-refractivity contribution in [1.82, 2.24) is 9.97 Å². The summed E-state index contributed by atoms with van der Waals surface area (Å²) in [4.78, 5) is 18.0. The van der Waals surface area contributed by atoms with Gasteiger partial charge in [-0.2, -0.15) is 0 Å². The largest absolute Gasteiger partial charge is 0.378 e. The highest BCUT2D eigenvalue weighted by molar-refractivity contribution is 5.67. The molecule has 1 saturated heterocycles. The first-order valence-corrected chi connectivity index (χ1v) is 6.04. The third-order valence-electron chi connectivity index (χ3n) is 3.07. The predicted molar refractivity (Wildman–Crippen MR) is 69.8 cm³/mol. The fourth-order valence-electron chi connectivity index (χ4n) is 2.23. The van der Waals surface area contributed by atoms with Crippen LogP contribution in [0.1, 0.15) is 26.7 Å². The molecule has 1 atom stereocenters. The molecule has 8 nitrogen and oxygen atoms in total. The number of nitro groups is 1. The quantitative estimate of drug-likeness (QED) is 0.626. The molecule has 0 aromatic carbocycles. The predicted octanol–water partition coefficient (Wildman–Crippen LogP) is 1.34. The molecule has 0 spiro atoms. The zero-order valence-corrected chi connectivity index (χ0v) is 10.9. The normalized spacial score (nSPS) is 21.9. The Morgan fingerprint density at radius 2 is 2.32 bits per heavy atom. The first-order valence-electron chi connectivity index (χ1n) is 6.04. The highest BCUT2D eigenvalue weighted by atomic mass is 16.6. The van der Waals surface area contributed by atoms with Crippen LogP contribution in [0.25, 0.3) is 0 Å².